The monoisotopic (exact) mass is 398 g/mol. The molecule has 1 aliphatic rings. The summed E-state index contributed by atoms with van der Waals surface area (Å²) in [5.41, 5.74) is 3.28. The first-order valence-electron chi connectivity index (χ1n) is 8.96. The molecule has 144 valence electrons. The summed E-state index contributed by atoms with van der Waals surface area (Å²) in [6.07, 6.45) is 0.881. The van der Waals surface area contributed by atoms with Gasteiger partial charge in [-0.15, -0.1) is 10.2 Å². The first-order chi connectivity index (χ1) is 13.7. The fourth-order valence-corrected chi connectivity index (χ4v) is 3.72. The molecule has 28 heavy (non-hydrogen) atoms. The molecule has 0 fully saturated rings. The molecule has 0 radical (unpaired) electrons. The number of aromatic nitrogens is 2. The average Bonchev–Trinajstić information content (AvgIpc) is 3.19. The summed E-state index contributed by atoms with van der Waals surface area (Å²) in [5, 5.41) is 11.4. The number of hydrogen-bond acceptors (Lipinski definition) is 6. The molecule has 8 heteroatoms. The van der Waals surface area contributed by atoms with Gasteiger partial charge in [-0.3, -0.25) is 4.79 Å². The molecule has 0 bridgehead atoms. The van der Waals surface area contributed by atoms with E-state index in [2.05, 4.69) is 27.6 Å². The van der Waals surface area contributed by atoms with E-state index in [-0.39, 0.29) is 17.5 Å². The van der Waals surface area contributed by atoms with Gasteiger partial charge in [0.2, 0.25) is 11.8 Å². The van der Waals surface area contributed by atoms with Crippen LogP contribution in [0.5, 0.6) is 0 Å². The standard InChI is InChI=1S/C20H19FN4O2S/c21-16-5-7-17(8-6-16)22-11-18-23-24-20(27-18)28-13-19(26)25-10-9-14-3-1-2-4-15(14)12-25/h1-8,22H,9-13H2. The summed E-state index contributed by atoms with van der Waals surface area (Å²) in [6, 6.07) is 14.2. The Hall–Kier alpha value is -2.87. The molecule has 1 aromatic heterocycles. The van der Waals surface area contributed by atoms with Crippen LogP contribution in [0, 0.1) is 5.82 Å². The van der Waals surface area contributed by atoms with Crippen molar-refractivity contribution in [2.75, 3.05) is 17.6 Å². The van der Waals surface area contributed by atoms with Crippen molar-refractivity contribution >= 4 is 23.4 Å². The zero-order valence-electron chi connectivity index (χ0n) is 15.1. The number of rotatable bonds is 6. The van der Waals surface area contributed by atoms with Crippen LogP contribution in [-0.2, 0) is 24.3 Å². The van der Waals surface area contributed by atoms with Gasteiger partial charge in [0.25, 0.3) is 5.22 Å². The molecule has 2 aromatic carbocycles. The van der Waals surface area contributed by atoms with E-state index in [1.807, 2.05) is 17.0 Å². The molecule has 1 aliphatic heterocycles. The molecular weight excluding hydrogens is 379 g/mol. The number of anilines is 1. The Morgan fingerprint density at radius 3 is 2.75 bits per heavy atom. The smallest absolute Gasteiger partial charge is 0.277 e. The van der Waals surface area contributed by atoms with E-state index in [0.717, 1.165) is 18.7 Å². The van der Waals surface area contributed by atoms with Gasteiger partial charge in [-0.2, -0.15) is 0 Å². The third kappa shape index (κ3) is 4.51. The van der Waals surface area contributed by atoms with Gasteiger partial charge in [-0.1, -0.05) is 36.0 Å². The van der Waals surface area contributed by atoms with Crippen molar-refractivity contribution < 1.29 is 13.6 Å². The van der Waals surface area contributed by atoms with Crippen molar-refractivity contribution in [3.8, 4) is 0 Å². The second-order valence-corrected chi connectivity index (χ2v) is 7.37. The van der Waals surface area contributed by atoms with Crippen LogP contribution in [0.2, 0.25) is 0 Å². The Morgan fingerprint density at radius 2 is 1.93 bits per heavy atom. The number of amides is 1. The molecule has 0 unspecified atom stereocenters. The Morgan fingerprint density at radius 1 is 1.14 bits per heavy atom. The first-order valence-corrected chi connectivity index (χ1v) is 9.95. The van der Waals surface area contributed by atoms with E-state index in [4.69, 9.17) is 4.42 Å². The number of carbonyl (C=O) groups is 1. The molecule has 2 heterocycles. The predicted octanol–water partition coefficient (Wildman–Crippen LogP) is 3.50. The molecule has 6 nitrogen and oxygen atoms in total. The van der Waals surface area contributed by atoms with E-state index >= 15 is 0 Å². The van der Waals surface area contributed by atoms with E-state index < -0.39 is 0 Å². The Balaban J connectivity index is 1.26. The van der Waals surface area contributed by atoms with Crippen LogP contribution in [0.3, 0.4) is 0 Å². The molecule has 0 aliphatic carbocycles. The summed E-state index contributed by atoms with van der Waals surface area (Å²) >= 11 is 1.24. The van der Waals surface area contributed by atoms with Gasteiger partial charge in [0, 0.05) is 18.8 Å². The van der Waals surface area contributed by atoms with Crippen LogP contribution in [0.1, 0.15) is 17.0 Å². The topological polar surface area (TPSA) is 71.3 Å². The van der Waals surface area contributed by atoms with Crippen molar-refractivity contribution in [3.63, 3.8) is 0 Å². The Labute approximate surface area is 166 Å². The minimum absolute atomic E-state index is 0.0590. The van der Waals surface area contributed by atoms with Gasteiger partial charge in [0.15, 0.2) is 0 Å². The van der Waals surface area contributed by atoms with E-state index in [0.29, 0.717) is 24.2 Å². The van der Waals surface area contributed by atoms with Crippen molar-refractivity contribution in [3.05, 3.63) is 71.4 Å². The van der Waals surface area contributed by atoms with Gasteiger partial charge in [-0.25, -0.2) is 4.39 Å². The van der Waals surface area contributed by atoms with Gasteiger partial charge in [-0.05, 0) is 41.8 Å². The van der Waals surface area contributed by atoms with Crippen LogP contribution in [0.4, 0.5) is 10.1 Å². The normalized spacial score (nSPS) is 13.2. The number of benzene rings is 2. The molecule has 0 saturated heterocycles. The highest BCUT2D eigenvalue weighted by Crippen LogP contribution is 2.22. The number of hydrogen-bond donors (Lipinski definition) is 1. The largest absolute Gasteiger partial charge is 0.414 e. The van der Waals surface area contributed by atoms with Gasteiger partial charge < -0.3 is 14.6 Å². The molecule has 4 rings (SSSR count). The number of fused-ring (bicyclic) bond motifs is 1. The van der Waals surface area contributed by atoms with Crippen LogP contribution >= 0.6 is 11.8 Å². The number of nitrogens with one attached hydrogen (secondary N) is 1. The molecular formula is C20H19FN4O2S. The molecule has 1 amide bonds. The lowest BCUT2D eigenvalue weighted by molar-refractivity contribution is -0.129. The van der Waals surface area contributed by atoms with Crippen LogP contribution in [-0.4, -0.2) is 33.3 Å². The summed E-state index contributed by atoms with van der Waals surface area (Å²) in [4.78, 5) is 14.4. The summed E-state index contributed by atoms with van der Waals surface area (Å²) in [7, 11) is 0. The van der Waals surface area contributed by atoms with Gasteiger partial charge in [0.05, 0.1) is 12.3 Å². The summed E-state index contributed by atoms with van der Waals surface area (Å²) in [6.45, 7) is 1.70. The van der Waals surface area contributed by atoms with Crippen LogP contribution in [0.25, 0.3) is 0 Å². The SMILES string of the molecule is O=C(CSc1nnc(CNc2ccc(F)cc2)o1)N1CCc2ccccc2C1. The maximum atomic E-state index is 12.9. The third-order valence-corrected chi connectivity index (χ3v) is 5.34. The minimum Gasteiger partial charge on any atom is -0.414 e. The molecule has 0 spiro atoms. The fourth-order valence-electron chi connectivity index (χ4n) is 3.04. The van der Waals surface area contributed by atoms with Gasteiger partial charge in [0.1, 0.15) is 5.82 Å². The number of thioether (sulfide) groups is 1. The molecule has 3 aromatic rings. The van der Waals surface area contributed by atoms with Crippen molar-refractivity contribution in [2.24, 2.45) is 0 Å². The maximum absolute atomic E-state index is 12.9. The quantitative estimate of drug-likeness (QED) is 0.641. The molecule has 1 N–H and O–H groups in total. The summed E-state index contributed by atoms with van der Waals surface area (Å²) in [5.74, 6) is 0.439. The van der Waals surface area contributed by atoms with Crippen molar-refractivity contribution in [1.29, 1.82) is 0 Å². The van der Waals surface area contributed by atoms with Crippen molar-refractivity contribution in [1.82, 2.24) is 15.1 Å². The lowest BCUT2D eigenvalue weighted by Gasteiger charge is -2.28. The summed E-state index contributed by atoms with van der Waals surface area (Å²) < 4.78 is 18.5. The Kier molecular flexibility index (Phi) is 5.57. The average molecular weight is 398 g/mol. The van der Waals surface area contributed by atoms with Gasteiger partial charge >= 0.3 is 0 Å². The molecule has 0 atom stereocenters. The lowest BCUT2D eigenvalue weighted by Crippen LogP contribution is -2.37. The van der Waals surface area contributed by atoms with E-state index in [1.165, 1.54) is 35.0 Å². The Bertz CT molecular complexity index is 961. The second kappa shape index (κ2) is 8.43. The lowest BCUT2D eigenvalue weighted by atomic mass is 10.00. The molecule has 0 saturated carbocycles. The first kappa shape index (κ1) is 18.5. The third-order valence-electron chi connectivity index (χ3n) is 4.54. The van der Waals surface area contributed by atoms with E-state index in [1.54, 1.807) is 12.1 Å². The van der Waals surface area contributed by atoms with Crippen LogP contribution in [0.15, 0.2) is 58.2 Å². The van der Waals surface area contributed by atoms with Crippen LogP contribution < -0.4 is 5.32 Å². The predicted molar refractivity (Wildman–Crippen MR) is 104 cm³/mol. The van der Waals surface area contributed by atoms with Crippen molar-refractivity contribution in [2.45, 2.75) is 24.7 Å². The fraction of sp³-hybridized carbons (Fsp3) is 0.250. The maximum Gasteiger partial charge on any atom is 0.277 e. The minimum atomic E-state index is -0.288. The highest BCUT2D eigenvalue weighted by molar-refractivity contribution is 7.99. The number of carbonyl (C=O) groups excluding carboxylic acids is 1. The number of halogens is 1. The zero-order chi connectivity index (χ0) is 19.3. The second-order valence-electron chi connectivity index (χ2n) is 6.44. The highest BCUT2D eigenvalue weighted by atomic mass is 32.2. The zero-order valence-corrected chi connectivity index (χ0v) is 15.9. The highest BCUT2D eigenvalue weighted by Gasteiger charge is 2.21. The number of nitrogens with zero attached hydrogens (tertiary/aromatic N) is 3. The van der Waals surface area contributed by atoms with E-state index in [9.17, 15) is 9.18 Å².